The van der Waals surface area contributed by atoms with Crippen molar-refractivity contribution in [2.75, 3.05) is 32.4 Å². The normalized spacial score (nSPS) is 16.7. The molecule has 1 heterocycles. The quantitative estimate of drug-likeness (QED) is 0.623. The number of benzene rings is 2. The van der Waals surface area contributed by atoms with Crippen molar-refractivity contribution in [1.29, 1.82) is 0 Å². The van der Waals surface area contributed by atoms with Crippen LogP contribution in [-0.4, -0.2) is 49.4 Å². The number of carbonyl (C=O) groups excluding carboxylic acids is 1. The van der Waals surface area contributed by atoms with Gasteiger partial charge in [-0.2, -0.15) is 0 Å². The fourth-order valence-corrected chi connectivity index (χ4v) is 4.98. The molecule has 1 fully saturated rings. The molecule has 0 aromatic heterocycles. The Hall–Kier alpha value is -3.00. The lowest BCUT2D eigenvalue weighted by Crippen LogP contribution is -2.25. The summed E-state index contributed by atoms with van der Waals surface area (Å²) >= 11 is 1.42. The molecule has 2 aliphatic rings. The minimum absolute atomic E-state index is 0.0972. The summed E-state index contributed by atoms with van der Waals surface area (Å²) in [5.74, 6) is 2.27. The molecule has 2 aromatic rings. The van der Waals surface area contributed by atoms with Crippen LogP contribution in [0.25, 0.3) is 0 Å². The van der Waals surface area contributed by atoms with E-state index in [-0.39, 0.29) is 11.7 Å². The van der Waals surface area contributed by atoms with Crippen LogP contribution in [0, 0.1) is 0 Å². The third-order valence-corrected chi connectivity index (χ3v) is 6.79. The van der Waals surface area contributed by atoms with Gasteiger partial charge in [0.2, 0.25) is 5.91 Å². The number of hydrogen-bond acceptors (Lipinski definition) is 7. The van der Waals surface area contributed by atoms with Crippen LogP contribution in [0.2, 0.25) is 0 Å². The summed E-state index contributed by atoms with van der Waals surface area (Å²) in [4.78, 5) is 22.8. The average molecular weight is 468 g/mol. The van der Waals surface area contributed by atoms with E-state index in [1.807, 2.05) is 42.5 Å². The Balaban J connectivity index is 1.53. The van der Waals surface area contributed by atoms with Crippen molar-refractivity contribution in [3.8, 4) is 17.2 Å². The van der Waals surface area contributed by atoms with Gasteiger partial charge in [-0.05, 0) is 62.1 Å². The largest absolute Gasteiger partial charge is 0.497 e. The van der Waals surface area contributed by atoms with Crippen LogP contribution in [0.15, 0.2) is 52.4 Å². The zero-order valence-electron chi connectivity index (χ0n) is 19.2. The number of hydrogen-bond donors (Lipinski definition) is 1. The maximum atomic E-state index is 12.6. The first-order valence-electron chi connectivity index (χ1n) is 11.0. The van der Waals surface area contributed by atoms with Gasteiger partial charge in [-0.1, -0.05) is 18.2 Å². The van der Waals surface area contributed by atoms with Gasteiger partial charge in [0.05, 0.1) is 32.8 Å². The molecular formula is C25H29N3O4S. The molecule has 4 rings (SSSR count). The highest BCUT2D eigenvalue weighted by Crippen LogP contribution is 2.39. The van der Waals surface area contributed by atoms with Gasteiger partial charge in [-0.15, -0.1) is 0 Å². The minimum Gasteiger partial charge on any atom is -0.497 e. The molecule has 1 saturated carbocycles. The van der Waals surface area contributed by atoms with Crippen molar-refractivity contribution in [1.82, 2.24) is 0 Å². The number of rotatable bonds is 7. The van der Waals surface area contributed by atoms with Crippen molar-refractivity contribution >= 4 is 34.1 Å². The predicted octanol–water partition coefficient (Wildman–Crippen LogP) is 4.95. The highest BCUT2D eigenvalue weighted by molar-refractivity contribution is 8.16. The predicted molar refractivity (Wildman–Crippen MR) is 133 cm³/mol. The second-order valence-corrected chi connectivity index (χ2v) is 9.05. The molecular weight excluding hydrogens is 438 g/mol. The molecule has 7 nitrogen and oxygen atoms in total. The minimum atomic E-state index is -0.418. The lowest BCUT2D eigenvalue weighted by molar-refractivity contribution is -0.113. The third-order valence-electron chi connectivity index (χ3n) is 5.83. The second-order valence-electron chi connectivity index (χ2n) is 8.09. The number of anilines is 1. The summed E-state index contributed by atoms with van der Waals surface area (Å²) in [6, 6.07) is 13.0. The number of nitrogens with one attached hydrogen (secondary N) is 1. The van der Waals surface area contributed by atoms with E-state index in [1.54, 1.807) is 21.3 Å². The Morgan fingerprint density at radius 1 is 0.909 bits per heavy atom. The molecule has 2 aromatic carbocycles. The Labute approximate surface area is 198 Å². The maximum Gasteiger partial charge on any atom is 0.234 e. The van der Waals surface area contributed by atoms with E-state index < -0.39 is 5.66 Å². The lowest BCUT2D eigenvalue weighted by Gasteiger charge is -2.27. The number of carbonyl (C=O) groups is 1. The lowest BCUT2D eigenvalue weighted by atomic mass is 9.90. The molecule has 1 spiro atoms. The molecule has 1 aliphatic heterocycles. The Kier molecular flexibility index (Phi) is 7.23. The van der Waals surface area contributed by atoms with Crippen molar-refractivity contribution < 1.29 is 19.0 Å². The van der Waals surface area contributed by atoms with Gasteiger partial charge in [0.25, 0.3) is 0 Å². The smallest absolute Gasteiger partial charge is 0.234 e. The molecule has 33 heavy (non-hydrogen) atoms. The Morgan fingerprint density at radius 2 is 1.55 bits per heavy atom. The van der Waals surface area contributed by atoms with E-state index in [1.165, 1.54) is 18.2 Å². The second kappa shape index (κ2) is 10.3. The highest BCUT2D eigenvalue weighted by Gasteiger charge is 2.38. The van der Waals surface area contributed by atoms with E-state index in [2.05, 4.69) is 5.32 Å². The van der Waals surface area contributed by atoms with E-state index in [9.17, 15) is 4.79 Å². The first-order chi connectivity index (χ1) is 16.0. The Morgan fingerprint density at radius 3 is 2.15 bits per heavy atom. The molecule has 1 N–H and O–H groups in total. The molecule has 1 amide bonds. The molecule has 0 bridgehead atoms. The van der Waals surface area contributed by atoms with Gasteiger partial charge in [0.15, 0.2) is 5.66 Å². The fourth-order valence-electron chi connectivity index (χ4n) is 4.10. The molecule has 0 atom stereocenters. The monoisotopic (exact) mass is 467 g/mol. The maximum absolute atomic E-state index is 12.6. The third kappa shape index (κ3) is 5.50. The number of aliphatic imine (C=N–C) groups is 2. The topological polar surface area (TPSA) is 81.5 Å². The zero-order valence-corrected chi connectivity index (χ0v) is 20.0. The van der Waals surface area contributed by atoms with Gasteiger partial charge < -0.3 is 19.5 Å². The van der Waals surface area contributed by atoms with Crippen LogP contribution < -0.4 is 19.5 Å². The van der Waals surface area contributed by atoms with Crippen molar-refractivity contribution in [3.05, 3.63) is 48.0 Å². The van der Waals surface area contributed by atoms with Gasteiger partial charge in [-0.3, -0.25) is 9.79 Å². The molecule has 174 valence electrons. The van der Waals surface area contributed by atoms with Gasteiger partial charge in [-0.25, -0.2) is 4.99 Å². The highest BCUT2D eigenvalue weighted by atomic mass is 32.2. The summed E-state index contributed by atoms with van der Waals surface area (Å²) in [5.41, 5.74) is 2.00. The van der Waals surface area contributed by atoms with E-state index in [0.717, 1.165) is 53.4 Å². The molecule has 0 radical (unpaired) electrons. The van der Waals surface area contributed by atoms with Gasteiger partial charge in [0, 0.05) is 17.3 Å². The van der Waals surface area contributed by atoms with E-state index in [0.29, 0.717) is 11.5 Å². The number of nitrogens with zero attached hydrogens (tertiary/aromatic N) is 2. The molecule has 1 aliphatic carbocycles. The van der Waals surface area contributed by atoms with Crippen LogP contribution in [0.4, 0.5) is 5.69 Å². The van der Waals surface area contributed by atoms with E-state index in [4.69, 9.17) is 24.2 Å². The van der Waals surface area contributed by atoms with Crippen molar-refractivity contribution in [2.24, 2.45) is 9.98 Å². The summed E-state index contributed by atoms with van der Waals surface area (Å²) < 4.78 is 16.1. The zero-order chi connectivity index (χ0) is 23.3. The fraction of sp³-hybridized carbons (Fsp3) is 0.400. The molecule has 0 unspecified atom stereocenters. The summed E-state index contributed by atoms with van der Waals surface area (Å²) in [6.45, 7) is 0. The number of thioether (sulfide) groups is 1. The van der Waals surface area contributed by atoms with Crippen LogP contribution in [0.1, 0.15) is 37.7 Å². The number of amides is 1. The van der Waals surface area contributed by atoms with Crippen molar-refractivity contribution in [3.63, 3.8) is 0 Å². The van der Waals surface area contributed by atoms with Crippen LogP contribution in [0.3, 0.4) is 0 Å². The number of ether oxygens (including phenoxy) is 3. The first-order valence-corrected chi connectivity index (χ1v) is 12.0. The van der Waals surface area contributed by atoms with Crippen LogP contribution >= 0.6 is 11.8 Å². The SMILES string of the molecule is COc1ccc(NC(=O)CSC2=NC3(CCCCC3)N=C2c2cc(OC)cc(OC)c2)cc1. The summed E-state index contributed by atoms with van der Waals surface area (Å²) in [5, 5.41) is 3.72. The average Bonchev–Trinajstić information content (AvgIpc) is 3.20. The molecule has 8 heteroatoms. The van der Waals surface area contributed by atoms with Gasteiger partial charge in [0.1, 0.15) is 22.3 Å². The van der Waals surface area contributed by atoms with Gasteiger partial charge >= 0.3 is 0 Å². The van der Waals surface area contributed by atoms with E-state index >= 15 is 0 Å². The summed E-state index contributed by atoms with van der Waals surface area (Å²) in [7, 11) is 4.87. The molecule has 0 saturated heterocycles. The van der Waals surface area contributed by atoms with Crippen LogP contribution in [0.5, 0.6) is 17.2 Å². The Bertz CT molecular complexity index is 1040. The first kappa shape index (κ1) is 23.2. The van der Waals surface area contributed by atoms with Crippen LogP contribution in [-0.2, 0) is 4.79 Å². The number of methoxy groups -OCH3 is 3. The summed E-state index contributed by atoms with van der Waals surface area (Å²) in [6.07, 6.45) is 5.29. The standard InChI is InChI=1S/C25H29N3O4S/c1-30-19-9-7-18(8-10-19)26-22(29)16-33-24-23(27-25(28-24)11-5-4-6-12-25)17-13-20(31-2)15-21(14-17)32-3/h7-10,13-15H,4-6,11-12,16H2,1-3H3,(H,26,29). The van der Waals surface area contributed by atoms with Crippen molar-refractivity contribution in [2.45, 2.75) is 37.8 Å².